The number of tetrazole rings is 1. The SMILES string of the molecule is Cn1nnnc1SCC(=O)Nc1ccc(-c2nc3cccnc3s2)cc1. The molecule has 0 unspecified atom stereocenters. The Hall–Kier alpha value is -2.85. The van der Waals surface area contributed by atoms with Crippen molar-refractivity contribution in [3.05, 3.63) is 42.6 Å². The van der Waals surface area contributed by atoms with Crippen LogP contribution in [0.3, 0.4) is 0 Å². The van der Waals surface area contributed by atoms with E-state index in [1.54, 1.807) is 24.6 Å². The van der Waals surface area contributed by atoms with Gasteiger partial charge in [-0.1, -0.05) is 23.1 Å². The molecule has 0 aliphatic rings. The van der Waals surface area contributed by atoms with Crippen LogP contribution in [0.25, 0.3) is 20.9 Å². The monoisotopic (exact) mass is 383 g/mol. The second kappa shape index (κ2) is 7.18. The standard InChI is InChI=1S/C16H13N7OS2/c1-23-16(20-21-22-23)25-9-13(24)18-11-6-4-10(5-7-11)14-19-12-3-2-8-17-15(12)26-14/h2-8H,9H2,1H3,(H,18,24). The molecule has 3 heterocycles. The molecule has 0 aliphatic heterocycles. The topological polar surface area (TPSA) is 98.5 Å². The molecule has 3 aromatic heterocycles. The Morgan fingerprint density at radius 2 is 2.12 bits per heavy atom. The number of anilines is 1. The first-order valence-electron chi connectivity index (χ1n) is 7.66. The largest absolute Gasteiger partial charge is 0.325 e. The lowest BCUT2D eigenvalue weighted by Gasteiger charge is -2.05. The highest BCUT2D eigenvalue weighted by Crippen LogP contribution is 2.29. The Labute approximate surface area is 156 Å². The zero-order valence-electron chi connectivity index (χ0n) is 13.7. The summed E-state index contributed by atoms with van der Waals surface area (Å²) in [6, 6.07) is 11.4. The van der Waals surface area contributed by atoms with Crippen molar-refractivity contribution in [1.82, 2.24) is 30.2 Å². The lowest BCUT2D eigenvalue weighted by molar-refractivity contribution is -0.113. The second-order valence-corrected chi connectivity index (χ2v) is 7.27. The summed E-state index contributed by atoms with van der Waals surface area (Å²) in [4.78, 5) is 21.9. The fraction of sp³-hybridized carbons (Fsp3) is 0.125. The van der Waals surface area contributed by atoms with E-state index < -0.39 is 0 Å². The molecule has 0 fully saturated rings. The van der Waals surface area contributed by atoms with Crippen molar-refractivity contribution < 1.29 is 4.79 Å². The summed E-state index contributed by atoms with van der Waals surface area (Å²) in [5, 5.41) is 15.5. The summed E-state index contributed by atoms with van der Waals surface area (Å²) in [5.41, 5.74) is 2.61. The van der Waals surface area contributed by atoms with Crippen LogP contribution in [0.5, 0.6) is 0 Å². The quantitative estimate of drug-likeness (QED) is 0.529. The van der Waals surface area contributed by atoms with E-state index in [0.29, 0.717) is 5.16 Å². The van der Waals surface area contributed by atoms with Gasteiger partial charge in [0.05, 0.1) is 5.75 Å². The highest BCUT2D eigenvalue weighted by Gasteiger charge is 2.09. The Kier molecular flexibility index (Phi) is 4.59. The molecule has 10 heteroatoms. The Morgan fingerprint density at radius 1 is 1.27 bits per heavy atom. The lowest BCUT2D eigenvalue weighted by atomic mass is 10.2. The predicted octanol–water partition coefficient (Wildman–Crippen LogP) is 2.61. The molecule has 0 atom stereocenters. The van der Waals surface area contributed by atoms with Crippen molar-refractivity contribution in [1.29, 1.82) is 0 Å². The number of thiazole rings is 1. The van der Waals surface area contributed by atoms with E-state index in [0.717, 1.165) is 26.6 Å². The van der Waals surface area contributed by atoms with E-state index in [2.05, 4.69) is 30.8 Å². The van der Waals surface area contributed by atoms with Gasteiger partial charge in [-0.15, -0.1) is 5.10 Å². The first-order chi connectivity index (χ1) is 12.7. The first-order valence-corrected chi connectivity index (χ1v) is 9.46. The molecule has 1 N–H and O–H groups in total. The van der Waals surface area contributed by atoms with Gasteiger partial charge in [0, 0.05) is 24.5 Å². The molecule has 0 saturated carbocycles. The number of hydrogen-bond donors (Lipinski definition) is 1. The zero-order chi connectivity index (χ0) is 17.9. The molecule has 0 radical (unpaired) electrons. The van der Waals surface area contributed by atoms with Gasteiger partial charge in [0.15, 0.2) is 0 Å². The van der Waals surface area contributed by atoms with Crippen LogP contribution in [0.4, 0.5) is 5.69 Å². The number of benzene rings is 1. The van der Waals surface area contributed by atoms with Gasteiger partial charge >= 0.3 is 0 Å². The number of hydrogen-bond acceptors (Lipinski definition) is 8. The number of carbonyl (C=O) groups is 1. The van der Waals surface area contributed by atoms with Crippen molar-refractivity contribution in [3.63, 3.8) is 0 Å². The van der Waals surface area contributed by atoms with Crippen molar-refractivity contribution in [2.24, 2.45) is 7.05 Å². The van der Waals surface area contributed by atoms with Crippen molar-refractivity contribution in [2.75, 3.05) is 11.1 Å². The Morgan fingerprint density at radius 3 is 2.85 bits per heavy atom. The molecule has 0 spiro atoms. The summed E-state index contributed by atoms with van der Waals surface area (Å²) in [7, 11) is 1.73. The number of aromatic nitrogens is 6. The van der Waals surface area contributed by atoms with Crippen molar-refractivity contribution in [2.45, 2.75) is 5.16 Å². The van der Waals surface area contributed by atoms with Crippen LogP contribution in [-0.2, 0) is 11.8 Å². The molecule has 26 heavy (non-hydrogen) atoms. The second-order valence-electron chi connectivity index (χ2n) is 5.35. The maximum atomic E-state index is 12.1. The molecule has 4 rings (SSSR count). The predicted molar refractivity (Wildman–Crippen MR) is 101 cm³/mol. The molecule has 0 bridgehead atoms. The van der Waals surface area contributed by atoms with E-state index >= 15 is 0 Å². The third kappa shape index (κ3) is 3.55. The third-order valence-electron chi connectivity index (χ3n) is 3.50. The molecular formula is C16H13N7OS2. The van der Waals surface area contributed by atoms with Gasteiger partial charge < -0.3 is 5.32 Å². The van der Waals surface area contributed by atoms with E-state index in [4.69, 9.17) is 0 Å². The summed E-state index contributed by atoms with van der Waals surface area (Å²) in [6.07, 6.45) is 1.76. The minimum atomic E-state index is -0.116. The number of nitrogens with zero attached hydrogens (tertiary/aromatic N) is 6. The summed E-state index contributed by atoms with van der Waals surface area (Å²) < 4.78 is 1.53. The molecular weight excluding hydrogens is 370 g/mol. The summed E-state index contributed by atoms with van der Waals surface area (Å²) in [6.45, 7) is 0. The van der Waals surface area contributed by atoms with Crippen LogP contribution in [0, 0.1) is 0 Å². The van der Waals surface area contributed by atoms with Crippen LogP contribution in [0.1, 0.15) is 0 Å². The lowest BCUT2D eigenvalue weighted by Crippen LogP contribution is -2.14. The highest BCUT2D eigenvalue weighted by atomic mass is 32.2. The normalized spacial score (nSPS) is 11.0. The molecule has 1 amide bonds. The fourth-order valence-corrected chi connectivity index (χ4v) is 3.82. The van der Waals surface area contributed by atoms with E-state index in [1.807, 2.05) is 36.4 Å². The van der Waals surface area contributed by atoms with Gasteiger partial charge in [0.2, 0.25) is 11.1 Å². The van der Waals surface area contributed by atoms with Gasteiger partial charge in [-0.05, 0) is 46.8 Å². The fourth-order valence-electron chi connectivity index (χ4n) is 2.26. The van der Waals surface area contributed by atoms with Gasteiger partial charge in [-0.3, -0.25) is 4.79 Å². The number of rotatable bonds is 5. The van der Waals surface area contributed by atoms with Crippen LogP contribution in [0.2, 0.25) is 0 Å². The Balaban J connectivity index is 1.41. The van der Waals surface area contributed by atoms with Gasteiger partial charge in [0.25, 0.3) is 0 Å². The van der Waals surface area contributed by atoms with Gasteiger partial charge in [0.1, 0.15) is 15.4 Å². The average molecular weight is 383 g/mol. The van der Waals surface area contributed by atoms with E-state index in [-0.39, 0.29) is 11.7 Å². The number of thioether (sulfide) groups is 1. The van der Waals surface area contributed by atoms with Crippen LogP contribution in [0.15, 0.2) is 47.8 Å². The Bertz CT molecular complexity index is 1020. The number of amides is 1. The minimum Gasteiger partial charge on any atom is -0.325 e. The molecule has 8 nitrogen and oxygen atoms in total. The number of nitrogens with one attached hydrogen (secondary N) is 1. The highest BCUT2D eigenvalue weighted by molar-refractivity contribution is 7.99. The van der Waals surface area contributed by atoms with E-state index in [9.17, 15) is 4.79 Å². The van der Waals surface area contributed by atoms with Gasteiger partial charge in [-0.25, -0.2) is 14.6 Å². The van der Waals surface area contributed by atoms with Gasteiger partial charge in [-0.2, -0.15) is 0 Å². The molecule has 1 aromatic carbocycles. The maximum absolute atomic E-state index is 12.1. The van der Waals surface area contributed by atoms with Crippen LogP contribution >= 0.6 is 23.1 Å². The number of pyridine rings is 1. The minimum absolute atomic E-state index is 0.116. The van der Waals surface area contributed by atoms with Crippen LogP contribution in [-0.4, -0.2) is 41.8 Å². The number of carbonyl (C=O) groups excluding carboxylic acids is 1. The third-order valence-corrected chi connectivity index (χ3v) is 5.53. The van der Waals surface area contributed by atoms with Crippen LogP contribution < -0.4 is 5.32 Å². The zero-order valence-corrected chi connectivity index (χ0v) is 15.3. The molecule has 130 valence electrons. The molecule has 4 aromatic rings. The summed E-state index contributed by atoms with van der Waals surface area (Å²) >= 11 is 2.83. The smallest absolute Gasteiger partial charge is 0.234 e. The molecule has 0 aliphatic carbocycles. The van der Waals surface area contributed by atoms with E-state index in [1.165, 1.54) is 16.4 Å². The maximum Gasteiger partial charge on any atom is 0.234 e. The molecule has 0 saturated heterocycles. The summed E-state index contributed by atoms with van der Waals surface area (Å²) in [5.74, 6) is 0.120. The number of aryl methyl sites for hydroxylation is 1. The van der Waals surface area contributed by atoms with Crippen molar-refractivity contribution in [3.8, 4) is 10.6 Å². The first kappa shape index (κ1) is 16.6. The number of fused-ring (bicyclic) bond motifs is 1. The average Bonchev–Trinajstić information content (AvgIpc) is 3.26. The van der Waals surface area contributed by atoms with Crippen molar-refractivity contribution >= 4 is 45.0 Å².